The van der Waals surface area contributed by atoms with Crippen molar-refractivity contribution in [1.29, 1.82) is 0 Å². The topological polar surface area (TPSA) is 22.1 Å². The summed E-state index contributed by atoms with van der Waals surface area (Å²) in [5.41, 5.74) is 1.78. The molecule has 1 heterocycles. The molecule has 0 unspecified atom stereocenters. The Kier molecular flexibility index (Phi) is 4.08. The van der Waals surface area contributed by atoms with Crippen molar-refractivity contribution in [2.45, 2.75) is 13.3 Å². The van der Waals surface area contributed by atoms with E-state index in [1.807, 2.05) is 31.2 Å². The highest BCUT2D eigenvalue weighted by Gasteiger charge is 2.08. The number of hydrogen-bond acceptors (Lipinski definition) is 2. The van der Waals surface area contributed by atoms with E-state index in [4.69, 9.17) is 27.9 Å². The second-order valence-electron chi connectivity index (χ2n) is 3.64. The first kappa shape index (κ1) is 12.5. The minimum Gasteiger partial charge on any atom is -0.492 e. The Balaban J connectivity index is 2.56. The number of halogens is 2. The number of benzene rings is 1. The lowest BCUT2D eigenvalue weighted by atomic mass is 10.1. The molecule has 2 nitrogen and oxygen atoms in total. The van der Waals surface area contributed by atoms with Gasteiger partial charge in [-0.1, -0.05) is 23.7 Å². The first-order valence-corrected chi connectivity index (χ1v) is 6.44. The number of alkyl halides is 1. The van der Waals surface area contributed by atoms with Crippen molar-refractivity contribution in [3.05, 3.63) is 35.0 Å². The van der Waals surface area contributed by atoms with Crippen molar-refractivity contribution in [3.63, 3.8) is 0 Å². The van der Waals surface area contributed by atoms with Crippen LogP contribution in [0.1, 0.15) is 12.5 Å². The Morgan fingerprint density at radius 1 is 1.35 bits per heavy atom. The van der Waals surface area contributed by atoms with Crippen LogP contribution in [-0.2, 0) is 6.42 Å². The van der Waals surface area contributed by atoms with Crippen LogP contribution in [0.25, 0.3) is 10.9 Å². The highest BCUT2D eigenvalue weighted by Crippen LogP contribution is 2.28. The number of hydrogen-bond donors (Lipinski definition) is 0. The van der Waals surface area contributed by atoms with Crippen LogP contribution in [0.5, 0.6) is 5.75 Å². The number of nitrogens with zero attached hydrogens (tertiary/aromatic N) is 1. The number of fused-ring (bicyclic) bond motifs is 1. The molecule has 0 amide bonds. The molecule has 0 aliphatic carbocycles. The molecule has 0 radical (unpaired) electrons. The summed E-state index contributed by atoms with van der Waals surface area (Å²) in [6.45, 7) is 2.56. The molecule has 1 aromatic heterocycles. The standard InChI is InChI=1S/C13H13Cl2NO/c1-2-17-11-5-3-4-9-8-10(6-7-14)13(15)16-12(9)11/h3-5,8H,2,6-7H2,1H3. The Labute approximate surface area is 111 Å². The van der Waals surface area contributed by atoms with Gasteiger partial charge in [0, 0.05) is 11.3 Å². The lowest BCUT2D eigenvalue weighted by molar-refractivity contribution is 0.343. The van der Waals surface area contributed by atoms with Gasteiger partial charge in [-0.2, -0.15) is 0 Å². The van der Waals surface area contributed by atoms with E-state index in [0.29, 0.717) is 17.6 Å². The van der Waals surface area contributed by atoms with Gasteiger partial charge in [-0.3, -0.25) is 0 Å². The maximum Gasteiger partial charge on any atom is 0.145 e. The molecule has 0 aliphatic heterocycles. The zero-order valence-corrected chi connectivity index (χ0v) is 11.1. The average molecular weight is 270 g/mol. The highest BCUT2D eigenvalue weighted by atomic mass is 35.5. The molecule has 0 N–H and O–H groups in total. The smallest absolute Gasteiger partial charge is 0.145 e. The Morgan fingerprint density at radius 2 is 2.18 bits per heavy atom. The third kappa shape index (κ3) is 2.64. The van der Waals surface area contributed by atoms with E-state index < -0.39 is 0 Å². The van der Waals surface area contributed by atoms with E-state index in [1.165, 1.54) is 0 Å². The molecule has 0 saturated heterocycles. The molecular weight excluding hydrogens is 257 g/mol. The maximum atomic E-state index is 6.13. The fraction of sp³-hybridized carbons (Fsp3) is 0.308. The molecule has 0 atom stereocenters. The van der Waals surface area contributed by atoms with Gasteiger partial charge < -0.3 is 4.74 Å². The third-order valence-corrected chi connectivity index (χ3v) is 3.01. The normalized spacial score (nSPS) is 10.8. The molecule has 2 aromatic rings. The largest absolute Gasteiger partial charge is 0.492 e. The SMILES string of the molecule is CCOc1cccc2cc(CCCl)c(Cl)nc12. The number of aromatic nitrogens is 1. The van der Waals surface area contributed by atoms with E-state index >= 15 is 0 Å². The van der Waals surface area contributed by atoms with Crippen molar-refractivity contribution >= 4 is 34.1 Å². The molecule has 0 aliphatic rings. The molecular formula is C13H13Cl2NO. The van der Waals surface area contributed by atoms with Crippen LogP contribution in [0.3, 0.4) is 0 Å². The van der Waals surface area contributed by atoms with Crippen molar-refractivity contribution < 1.29 is 4.74 Å². The predicted molar refractivity (Wildman–Crippen MR) is 72.3 cm³/mol. The van der Waals surface area contributed by atoms with E-state index in [0.717, 1.165) is 28.6 Å². The van der Waals surface area contributed by atoms with E-state index in [2.05, 4.69) is 4.98 Å². The molecule has 17 heavy (non-hydrogen) atoms. The fourth-order valence-corrected chi connectivity index (χ4v) is 2.18. The summed E-state index contributed by atoms with van der Waals surface area (Å²) >= 11 is 11.9. The molecule has 0 bridgehead atoms. The lowest BCUT2D eigenvalue weighted by Gasteiger charge is -2.09. The summed E-state index contributed by atoms with van der Waals surface area (Å²) < 4.78 is 5.53. The molecule has 0 spiro atoms. The fourth-order valence-electron chi connectivity index (χ4n) is 1.74. The Morgan fingerprint density at radius 3 is 2.88 bits per heavy atom. The van der Waals surface area contributed by atoms with Crippen LogP contribution >= 0.6 is 23.2 Å². The van der Waals surface area contributed by atoms with Crippen LogP contribution in [-0.4, -0.2) is 17.5 Å². The van der Waals surface area contributed by atoms with Crippen LogP contribution in [0, 0.1) is 0 Å². The first-order valence-electron chi connectivity index (χ1n) is 5.53. The number of para-hydroxylation sites is 1. The monoisotopic (exact) mass is 269 g/mol. The summed E-state index contributed by atoms with van der Waals surface area (Å²) in [6, 6.07) is 7.87. The van der Waals surface area contributed by atoms with Crippen LogP contribution in [0.15, 0.2) is 24.3 Å². The lowest BCUT2D eigenvalue weighted by Crippen LogP contribution is -1.96. The Bertz CT molecular complexity index is 528. The molecule has 90 valence electrons. The van der Waals surface area contributed by atoms with E-state index in [1.54, 1.807) is 0 Å². The average Bonchev–Trinajstić information content (AvgIpc) is 2.32. The number of ether oxygens (including phenoxy) is 1. The van der Waals surface area contributed by atoms with E-state index in [-0.39, 0.29) is 0 Å². The quantitative estimate of drug-likeness (QED) is 0.617. The maximum absolute atomic E-state index is 6.13. The minimum absolute atomic E-state index is 0.505. The van der Waals surface area contributed by atoms with Gasteiger partial charge in [-0.05, 0) is 31.0 Å². The minimum atomic E-state index is 0.505. The van der Waals surface area contributed by atoms with Gasteiger partial charge in [0.25, 0.3) is 0 Å². The molecule has 1 aromatic carbocycles. The van der Waals surface area contributed by atoms with Gasteiger partial charge >= 0.3 is 0 Å². The summed E-state index contributed by atoms with van der Waals surface area (Å²) in [7, 11) is 0. The number of aryl methyl sites for hydroxylation is 1. The zero-order chi connectivity index (χ0) is 12.3. The molecule has 2 rings (SSSR count). The first-order chi connectivity index (χ1) is 8.26. The summed E-state index contributed by atoms with van der Waals surface area (Å²) in [4.78, 5) is 4.39. The number of rotatable bonds is 4. The molecule has 0 saturated carbocycles. The van der Waals surface area contributed by atoms with Crippen molar-refractivity contribution in [3.8, 4) is 5.75 Å². The van der Waals surface area contributed by atoms with Gasteiger partial charge in [0.2, 0.25) is 0 Å². The van der Waals surface area contributed by atoms with Gasteiger partial charge in [-0.25, -0.2) is 4.98 Å². The van der Waals surface area contributed by atoms with Crippen LogP contribution in [0.2, 0.25) is 5.15 Å². The van der Waals surface area contributed by atoms with Crippen molar-refractivity contribution in [1.82, 2.24) is 4.98 Å². The van der Waals surface area contributed by atoms with Gasteiger partial charge in [0.1, 0.15) is 16.4 Å². The zero-order valence-electron chi connectivity index (χ0n) is 9.54. The van der Waals surface area contributed by atoms with Crippen molar-refractivity contribution in [2.24, 2.45) is 0 Å². The molecule has 4 heteroatoms. The highest BCUT2D eigenvalue weighted by molar-refractivity contribution is 6.30. The van der Waals surface area contributed by atoms with E-state index in [9.17, 15) is 0 Å². The van der Waals surface area contributed by atoms with Gasteiger partial charge in [0.15, 0.2) is 0 Å². The van der Waals surface area contributed by atoms with Crippen molar-refractivity contribution in [2.75, 3.05) is 12.5 Å². The molecule has 0 fully saturated rings. The summed E-state index contributed by atoms with van der Waals surface area (Å²) in [5.74, 6) is 1.31. The van der Waals surface area contributed by atoms with Gasteiger partial charge in [-0.15, -0.1) is 11.6 Å². The summed E-state index contributed by atoms with van der Waals surface area (Å²) in [5, 5.41) is 1.53. The third-order valence-electron chi connectivity index (χ3n) is 2.50. The summed E-state index contributed by atoms with van der Waals surface area (Å²) in [6.07, 6.45) is 0.724. The Hall–Kier alpha value is -0.990. The van der Waals surface area contributed by atoms with Crippen LogP contribution in [0.4, 0.5) is 0 Å². The number of pyridine rings is 1. The predicted octanol–water partition coefficient (Wildman–Crippen LogP) is 4.07. The van der Waals surface area contributed by atoms with Gasteiger partial charge in [0.05, 0.1) is 6.61 Å². The van der Waals surface area contributed by atoms with Crippen LogP contribution < -0.4 is 4.74 Å². The second-order valence-corrected chi connectivity index (χ2v) is 4.37. The second kappa shape index (κ2) is 5.56.